The molecule has 0 unspecified atom stereocenters. The van der Waals surface area contributed by atoms with Crippen LogP contribution in [0.5, 0.6) is 5.75 Å². The molecule has 0 fully saturated rings. The molecule has 0 saturated carbocycles. The van der Waals surface area contributed by atoms with Crippen LogP contribution in [-0.4, -0.2) is 24.4 Å². The van der Waals surface area contributed by atoms with Crippen molar-refractivity contribution in [3.8, 4) is 5.75 Å². The first-order valence-electron chi connectivity index (χ1n) is 5.64. The van der Waals surface area contributed by atoms with E-state index in [1.807, 2.05) is 6.92 Å². The Morgan fingerprint density at radius 3 is 2.72 bits per heavy atom. The van der Waals surface area contributed by atoms with E-state index in [1.54, 1.807) is 6.07 Å². The molecule has 0 bridgehead atoms. The number of aliphatic hydroxyl groups is 1. The van der Waals surface area contributed by atoms with Crippen molar-refractivity contribution in [2.75, 3.05) is 6.61 Å². The van der Waals surface area contributed by atoms with Crippen LogP contribution in [0.2, 0.25) is 5.02 Å². The van der Waals surface area contributed by atoms with E-state index in [0.717, 1.165) is 6.42 Å². The molecule has 6 heteroatoms. The van der Waals surface area contributed by atoms with Crippen LogP contribution in [0.1, 0.15) is 18.9 Å². The lowest BCUT2D eigenvalue weighted by Crippen LogP contribution is -2.31. The van der Waals surface area contributed by atoms with Gasteiger partial charge < -0.3 is 15.2 Å². The molecule has 1 aromatic rings. The second kappa shape index (κ2) is 7.51. The van der Waals surface area contributed by atoms with Crippen molar-refractivity contribution in [1.82, 2.24) is 5.32 Å². The molecule has 0 aromatic heterocycles. The first-order chi connectivity index (χ1) is 8.56. The number of benzene rings is 1. The van der Waals surface area contributed by atoms with Crippen molar-refractivity contribution in [2.45, 2.75) is 32.5 Å². The first-order valence-corrected chi connectivity index (χ1v) is 6.02. The lowest BCUT2D eigenvalue weighted by Gasteiger charge is -2.16. The Morgan fingerprint density at radius 1 is 1.44 bits per heavy atom. The molecule has 102 valence electrons. The summed E-state index contributed by atoms with van der Waals surface area (Å²) in [5, 5.41) is 12.5. The monoisotopic (exact) mass is 279 g/mol. The maximum atomic E-state index is 12.2. The Kier molecular flexibility index (Phi) is 6.32. The van der Waals surface area contributed by atoms with Crippen LogP contribution in [0, 0.1) is 0 Å². The number of aliphatic hydroxyl groups excluding tert-OH is 1. The van der Waals surface area contributed by atoms with E-state index in [4.69, 9.17) is 16.7 Å². The van der Waals surface area contributed by atoms with E-state index >= 15 is 0 Å². The summed E-state index contributed by atoms with van der Waals surface area (Å²) >= 11 is 5.82. The number of alkyl halides is 2. The van der Waals surface area contributed by atoms with Gasteiger partial charge in [0.25, 0.3) is 0 Å². The number of hydrogen-bond donors (Lipinski definition) is 2. The fourth-order valence-corrected chi connectivity index (χ4v) is 1.68. The van der Waals surface area contributed by atoms with Crippen LogP contribution in [0.25, 0.3) is 0 Å². The molecule has 1 atom stereocenters. The summed E-state index contributed by atoms with van der Waals surface area (Å²) < 4.78 is 28.8. The molecule has 18 heavy (non-hydrogen) atoms. The Bertz CT molecular complexity index is 373. The summed E-state index contributed by atoms with van der Waals surface area (Å²) in [5.74, 6) is 0.0923. The van der Waals surface area contributed by atoms with Gasteiger partial charge in [0.2, 0.25) is 0 Å². The van der Waals surface area contributed by atoms with Crippen molar-refractivity contribution in [2.24, 2.45) is 0 Å². The highest BCUT2D eigenvalue weighted by atomic mass is 35.5. The van der Waals surface area contributed by atoms with Crippen molar-refractivity contribution in [3.05, 3.63) is 28.8 Å². The van der Waals surface area contributed by atoms with Gasteiger partial charge in [0.1, 0.15) is 5.75 Å². The molecule has 3 nitrogen and oxygen atoms in total. The third-order valence-corrected chi connectivity index (χ3v) is 2.77. The number of nitrogens with one attached hydrogen (secondary N) is 1. The zero-order valence-corrected chi connectivity index (χ0v) is 10.8. The van der Waals surface area contributed by atoms with Crippen LogP contribution in [0.3, 0.4) is 0 Å². The Morgan fingerprint density at radius 2 is 2.17 bits per heavy atom. The third-order valence-electron chi connectivity index (χ3n) is 2.53. The number of rotatable bonds is 7. The average Bonchev–Trinajstić information content (AvgIpc) is 2.33. The molecule has 0 aliphatic rings. The highest BCUT2D eigenvalue weighted by molar-refractivity contribution is 6.30. The lowest BCUT2D eigenvalue weighted by atomic mass is 10.1. The fourth-order valence-electron chi connectivity index (χ4n) is 1.49. The van der Waals surface area contributed by atoms with Gasteiger partial charge in [-0.15, -0.1) is 0 Å². The summed E-state index contributed by atoms with van der Waals surface area (Å²) in [6.07, 6.45) is 0.738. The minimum absolute atomic E-state index is 0.0118. The van der Waals surface area contributed by atoms with Gasteiger partial charge >= 0.3 is 6.61 Å². The molecule has 0 aliphatic carbocycles. The van der Waals surface area contributed by atoms with Crippen molar-refractivity contribution in [1.29, 1.82) is 0 Å². The number of halogens is 3. The normalized spacial score (nSPS) is 12.8. The van der Waals surface area contributed by atoms with Gasteiger partial charge in [-0.05, 0) is 24.6 Å². The van der Waals surface area contributed by atoms with Crippen LogP contribution in [0.4, 0.5) is 8.78 Å². The highest BCUT2D eigenvalue weighted by Crippen LogP contribution is 2.24. The number of ether oxygens (including phenoxy) is 1. The Hall–Kier alpha value is -0.910. The standard InChI is InChI=1S/C12H16ClF2NO2/c1-2-10(7-17)16-6-8-5-9(13)3-4-11(8)18-12(14)15/h3-5,10,12,16-17H,2,6-7H2,1H3/t10-/m0/s1. The van der Waals surface area contributed by atoms with Gasteiger partial charge in [-0.2, -0.15) is 8.78 Å². The average molecular weight is 280 g/mol. The van der Waals surface area contributed by atoms with E-state index in [2.05, 4.69) is 10.1 Å². The maximum absolute atomic E-state index is 12.2. The molecule has 0 saturated heterocycles. The van der Waals surface area contributed by atoms with E-state index in [-0.39, 0.29) is 18.4 Å². The Balaban J connectivity index is 2.75. The molecule has 1 aromatic carbocycles. The van der Waals surface area contributed by atoms with Crippen molar-refractivity contribution < 1.29 is 18.6 Å². The molecule has 2 N–H and O–H groups in total. The van der Waals surface area contributed by atoms with Gasteiger partial charge in [-0.3, -0.25) is 0 Å². The van der Waals surface area contributed by atoms with E-state index in [0.29, 0.717) is 17.1 Å². The summed E-state index contributed by atoms with van der Waals surface area (Å²) in [6, 6.07) is 4.39. The number of hydrogen-bond acceptors (Lipinski definition) is 3. The van der Waals surface area contributed by atoms with Crippen molar-refractivity contribution in [3.63, 3.8) is 0 Å². The van der Waals surface area contributed by atoms with E-state index in [1.165, 1.54) is 12.1 Å². The summed E-state index contributed by atoms with van der Waals surface area (Å²) in [5.41, 5.74) is 0.537. The van der Waals surface area contributed by atoms with Gasteiger partial charge in [0.15, 0.2) is 0 Å². The second-order valence-corrected chi connectivity index (χ2v) is 4.24. The first kappa shape index (κ1) is 15.1. The zero-order chi connectivity index (χ0) is 13.5. The quantitative estimate of drug-likeness (QED) is 0.806. The van der Waals surface area contributed by atoms with Crippen LogP contribution in [-0.2, 0) is 6.54 Å². The summed E-state index contributed by atoms with van der Waals surface area (Å²) in [7, 11) is 0. The molecule has 1 rings (SSSR count). The second-order valence-electron chi connectivity index (χ2n) is 3.80. The van der Waals surface area contributed by atoms with Crippen LogP contribution < -0.4 is 10.1 Å². The molecule has 0 radical (unpaired) electrons. The molecular weight excluding hydrogens is 264 g/mol. The van der Waals surface area contributed by atoms with Crippen molar-refractivity contribution >= 4 is 11.6 Å². The predicted octanol–water partition coefficient (Wildman–Crippen LogP) is 2.80. The molecule has 0 heterocycles. The maximum Gasteiger partial charge on any atom is 0.387 e. The topological polar surface area (TPSA) is 41.5 Å². The highest BCUT2D eigenvalue weighted by Gasteiger charge is 2.11. The minimum atomic E-state index is -2.87. The largest absolute Gasteiger partial charge is 0.434 e. The molecule has 0 amide bonds. The lowest BCUT2D eigenvalue weighted by molar-refractivity contribution is -0.0505. The van der Waals surface area contributed by atoms with Gasteiger partial charge in [0, 0.05) is 23.2 Å². The van der Waals surface area contributed by atoms with E-state index in [9.17, 15) is 8.78 Å². The fraction of sp³-hybridized carbons (Fsp3) is 0.500. The molecule has 0 spiro atoms. The predicted molar refractivity (Wildman–Crippen MR) is 66.1 cm³/mol. The molecular formula is C12H16ClF2NO2. The van der Waals surface area contributed by atoms with E-state index < -0.39 is 6.61 Å². The SMILES string of the molecule is CC[C@@H](CO)NCc1cc(Cl)ccc1OC(F)F. The third kappa shape index (κ3) is 4.76. The van der Waals surface area contributed by atoms with Crippen LogP contribution in [0.15, 0.2) is 18.2 Å². The van der Waals surface area contributed by atoms with Crippen LogP contribution >= 0.6 is 11.6 Å². The summed E-state index contributed by atoms with van der Waals surface area (Å²) in [4.78, 5) is 0. The Labute approximate surface area is 110 Å². The van der Waals surface area contributed by atoms with Gasteiger partial charge in [0.05, 0.1) is 6.61 Å². The summed E-state index contributed by atoms with van der Waals surface area (Å²) in [6.45, 7) is -0.656. The van der Waals surface area contributed by atoms with Gasteiger partial charge in [-0.25, -0.2) is 0 Å². The van der Waals surface area contributed by atoms with Gasteiger partial charge in [-0.1, -0.05) is 18.5 Å². The zero-order valence-electron chi connectivity index (χ0n) is 10.00. The smallest absolute Gasteiger partial charge is 0.387 e. The minimum Gasteiger partial charge on any atom is -0.434 e. The molecule has 0 aliphatic heterocycles.